The average Bonchev–Trinajstić information content (AvgIpc) is 3.34. The molecule has 8 nitrogen and oxygen atoms in total. The van der Waals surface area contributed by atoms with Crippen molar-refractivity contribution in [3.05, 3.63) is 114 Å². The summed E-state index contributed by atoms with van der Waals surface area (Å²) in [6.45, 7) is 0. The van der Waals surface area contributed by atoms with Crippen molar-refractivity contribution >= 4 is 23.1 Å². The lowest BCUT2D eigenvalue weighted by Gasteiger charge is -2.23. The van der Waals surface area contributed by atoms with Crippen LogP contribution < -0.4 is 15.8 Å². The zero-order valence-electron chi connectivity index (χ0n) is 20.6. The first kappa shape index (κ1) is 23.2. The third-order valence-electron chi connectivity index (χ3n) is 6.49. The van der Waals surface area contributed by atoms with Crippen LogP contribution in [0, 0.1) is 0 Å². The minimum Gasteiger partial charge on any atom is -0.497 e. The molecule has 186 valence electrons. The van der Waals surface area contributed by atoms with E-state index < -0.39 is 0 Å². The van der Waals surface area contributed by atoms with Crippen LogP contribution in [0.3, 0.4) is 0 Å². The first-order valence-electron chi connectivity index (χ1n) is 12.1. The molecule has 0 atom stereocenters. The van der Waals surface area contributed by atoms with E-state index in [2.05, 4.69) is 15.3 Å². The number of hydrogen-bond acceptors (Lipinski definition) is 7. The number of carbonyl (C=O) groups is 1. The molecule has 3 aromatic carbocycles. The predicted molar refractivity (Wildman–Crippen MR) is 147 cm³/mol. The number of benzene rings is 3. The summed E-state index contributed by atoms with van der Waals surface area (Å²) >= 11 is 0. The molecule has 0 unspecified atom stereocenters. The molecule has 0 saturated carbocycles. The van der Waals surface area contributed by atoms with Gasteiger partial charge in [-0.2, -0.15) is 9.78 Å². The topological polar surface area (TPSA) is 108 Å². The van der Waals surface area contributed by atoms with E-state index in [-0.39, 0.29) is 5.91 Å². The van der Waals surface area contributed by atoms with Crippen LogP contribution in [-0.4, -0.2) is 32.8 Å². The molecule has 0 saturated heterocycles. The summed E-state index contributed by atoms with van der Waals surface area (Å²) < 4.78 is 6.86. The molecular weight excluding hydrogens is 476 g/mol. The van der Waals surface area contributed by atoms with Gasteiger partial charge in [0.1, 0.15) is 29.4 Å². The highest BCUT2D eigenvalue weighted by Crippen LogP contribution is 2.40. The molecule has 38 heavy (non-hydrogen) atoms. The quantitative estimate of drug-likeness (QED) is 0.325. The number of nitrogen functional groups attached to an aromatic ring is 1. The normalized spacial score (nSPS) is 12.8. The van der Waals surface area contributed by atoms with Crippen molar-refractivity contribution in [2.45, 2.75) is 6.42 Å². The molecule has 3 N–H and O–H groups in total. The SMILES string of the molecule is COc1ccc(C2=C(Nc3cc(N)ncn3)Cc3c(-c4ccccc4)c(-c4ccccc4)nn3C2=O)cc1. The van der Waals surface area contributed by atoms with Crippen LogP contribution in [0.5, 0.6) is 5.75 Å². The highest BCUT2D eigenvalue weighted by atomic mass is 16.5. The van der Waals surface area contributed by atoms with Crippen molar-refractivity contribution in [1.82, 2.24) is 19.7 Å². The van der Waals surface area contributed by atoms with Crippen molar-refractivity contribution in [2.75, 3.05) is 18.2 Å². The molecule has 6 rings (SSSR count). The Labute approximate surface area is 219 Å². The van der Waals surface area contributed by atoms with E-state index in [0.717, 1.165) is 33.6 Å². The van der Waals surface area contributed by atoms with Gasteiger partial charge in [-0.15, -0.1) is 0 Å². The maximum absolute atomic E-state index is 14.2. The van der Waals surface area contributed by atoms with Gasteiger partial charge in [0.05, 0.1) is 18.4 Å². The highest BCUT2D eigenvalue weighted by molar-refractivity contribution is 6.23. The molecule has 0 fully saturated rings. The molecule has 0 spiro atoms. The summed E-state index contributed by atoms with van der Waals surface area (Å²) in [5.41, 5.74) is 12.2. The Balaban J connectivity index is 1.56. The van der Waals surface area contributed by atoms with E-state index in [1.54, 1.807) is 13.2 Å². The minimum absolute atomic E-state index is 0.236. The maximum Gasteiger partial charge on any atom is 0.280 e. The van der Waals surface area contributed by atoms with Crippen molar-refractivity contribution in [3.63, 3.8) is 0 Å². The van der Waals surface area contributed by atoms with Crippen LogP contribution in [0.4, 0.5) is 11.6 Å². The lowest BCUT2D eigenvalue weighted by Crippen LogP contribution is -2.26. The van der Waals surface area contributed by atoms with E-state index in [9.17, 15) is 4.79 Å². The van der Waals surface area contributed by atoms with Gasteiger partial charge in [0, 0.05) is 29.3 Å². The number of anilines is 2. The predicted octanol–water partition coefficient (Wildman–Crippen LogP) is 5.32. The molecule has 2 aromatic heterocycles. The number of carbonyl (C=O) groups excluding carboxylic acids is 1. The molecule has 1 aliphatic heterocycles. The molecule has 0 aliphatic carbocycles. The van der Waals surface area contributed by atoms with Gasteiger partial charge in [0.25, 0.3) is 5.91 Å². The number of aromatic nitrogens is 4. The fraction of sp³-hybridized carbons (Fsp3) is 0.0667. The zero-order chi connectivity index (χ0) is 26.1. The smallest absolute Gasteiger partial charge is 0.280 e. The van der Waals surface area contributed by atoms with Crippen molar-refractivity contribution < 1.29 is 9.53 Å². The first-order valence-corrected chi connectivity index (χ1v) is 12.1. The number of rotatable bonds is 6. The fourth-order valence-corrected chi connectivity index (χ4v) is 4.74. The Kier molecular flexibility index (Phi) is 5.89. The summed E-state index contributed by atoms with van der Waals surface area (Å²) in [6, 6.07) is 29.0. The Morgan fingerprint density at radius 1 is 0.868 bits per heavy atom. The van der Waals surface area contributed by atoms with E-state index >= 15 is 0 Å². The van der Waals surface area contributed by atoms with Gasteiger partial charge < -0.3 is 15.8 Å². The number of methoxy groups -OCH3 is 1. The van der Waals surface area contributed by atoms with E-state index in [0.29, 0.717) is 35.1 Å². The van der Waals surface area contributed by atoms with E-state index in [4.69, 9.17) is 15.6 Å². The summed E-state index contributed by atoms with van der Waals surface area (Å²) in [5, 5.41) is 8.23. The first-order chi connectivity index (χ1) is 18.6. The Bertz CT molecular complexity index is 1660. The maximum atomic E-state index is 14.2. The molecular formula is C30H24N6O2. The molecule has 0 bridgehead atoms. The van der Waals surface area contributed by atoms with Gasteiger partial charge in [-0.3, -0.25) is 4.79 Å². The summed E-state index contributed by atoms with van der Waals surface area (Å²) in [5.74, 6) is 1.30. The van der Waals surface area contributed by atoms with Gasteiger partial charge in [0.15, 0.2) is 0 Å². The van der Waals surface area contributed by atoms with Crippen molar-refractivity contribution in [1.29, 1.82) is 0 Å². The van der Waals surface area contributed by atoms with Gasteiger partial charge in [-0.1, -0.05) is 72.8 Å². The standard InChI is InChI=1S/C30H24N6O2/c1-38-22-14-12-20(13-15-22)27-23(34-26-17-25(31)32-18-33-26)16-24-28(19-8-4-2-5-9-19)29(35-36(24)30(27)37)21-10-6-3-7-11-21/h2-15,17-18H,16H2,1H3,(H3,31,32,33,34). The molecule has 0 radical (unpaired) electrons. The number of allylic oxidation sites excluding steroid dienone is 2. The van der Waals surface area contributed by atoms with Gasteiger partial charge in [-0.25, -0.2) is 9.97 Å². The van der Waals surface area contributed by atoms with Crippen LogP contribution >= 0.6 is 0 Å². The minimum atomic E-state index is -0.236. The number of hydrogen-bond donors (Lipinski definition) is 2. The summed E-state index contributed by atoms with van der Waals surface area (Å²) in [6.07, 6.45) is 1.81. The lowest BCUT2D eigenvalue weighted by molar-refractivity contribution is 0.0958. The summed E-state index contributed by atoms with van der Waals surface area (Å²) in [7, 11) is 1.61. The third kappa shape index (κ3) is 4.18. The summed E-state index contributed by atoms with van der Waals surface area (Å²) in [4.78, 5) is 22.5. The third-order valence-corrected chi connectivity index (χ3v) is 6.49. The second-order valence-corrected chi connectivity index (χ2v) is 8.83. The second kappa shape index (κ2) is 9.67. The van der Waals surface area contributed by atoms with Gasteiger partial charge >= 0.3 is 0 Å². The monoisotopic (exact) mass is 500 g/mol. The Morgan fingerprint density at radius 3 is 2.21 bits per heavy atom. The van der Waals surface area contributed by atoms with Gasteiger partial charge in [0.2, 0.25) is 0 Å². The zero-order valence-corrected chi connectivity index (χ0v) is 20.6. The van der Waals surface area contributed by atoms with E-state index in [1.165, 1.54) is 11.0 Å². The van der Waals surface area contributed by atoms with Crippen LogP contribution in [0.25, 0.3) is 28.0 Å². The largest absolute Gasteiger partial charge is 0.497 e. The fourth-order valence-electron chi connectivity index (χ4n) is 4.74. The van der Waals surface area contributed by atoms with Gasteiger partial charge in [-0.05, 0) is 23.3 Å². The number of nitrogens with two attached hydrogens (primary N) is 1. The molecule has 1 aliphatic rings. The van der Waals surface area contributed by atoms with Crippen molar-refractivity contribution in [3.8, 4) is 28.1 Å². The molecule has 5 aromatic rings. The average molecular weight is 501 g/mol. The van der Waals surface area contributed by atoms with Crippen LogP contribution in [0.2, 0.25) is 0 Å². The Morgan fingerprint density at radius 2 is 1.55 bits per heavy atom. The van der Waals surface area contributed by atoms with Crippen molar-refractivity contribution in [2.24, 2.45) is 0 Å². The van der Waals surface area contributed by atoms with Crippen LogP contribution in [0.1, 0.15) is 16.1 Å². The second-order valence-electron chi connectivity index (χ2n) is 8.83. The van der Waals surface area contributed by atoms with Crippen LogP contribution in [-0.2, 0) is 6.42 Å². The number of ether oxygens (including phenoxy) is 1. The molecule has 8 heteroatoms. The molecule has 0 amide bonds. The highest BCUT2D eigenvalue weighted by Gasteiger charge is 2.33. The number of nitrogens with one attached hydrogen (secondary N) is 1. The Hall–Kier alpha value is -5.24. The van der Waals surface area contributed by atoms with E-state index in [1.807, 2.05) is 84.9 Å². The lowest BCUT2D eigenvalue weighted by atomic mass is 9.92. The van der Waals surface area contributed by atoms with Crippen LogP contribution in [0.15, 0.2) is 103 Å². The molecule has 3 heterocycles. The number of fused-ring (bicyclic) bond motifs is 1. The number of nitrogens with zero attached hydrogens (tertiary/aromatic N) is 4.